The van der Waals surface area contributed by atoms with Gasteiger partial charge in [-0.05, 0) is 36.6 Å². The topological polar surface area (TPSA) is 26.3 Å². The molecule has 1 aromatic rings. The summed E-state index contributed by atoms with van der Waals surface area (Å²) in [7, 11) is 1.41. The maximum Gasteiger partial charge on any atom is 0.305 e. The molecule has 86 valence electrons. The lowest BCUT2D eigenvalue weighted by molar-refractivity contribution is -0.140. The Labute approximate surface area is 104 Å². The van der Waals surface area contributed by atoms with Crippen LogP contribution in [-0.4, -0.2) is 13.1 Å². The molecular formula is C13H15BrO2. The van der Waals surface area contributed by atoms with Gasteiger partial charge < -0.3 is 4.74 Å². The van der Waals surface area contributed by atoms with E-state index in [1.807, 2.05) is 19.1 Å². The Morgan fingerprint density at radius 2 is 2.25 bits per heavy atom. The number of methoxy groups -OCH3 is 1. The molecule has 0 radical (unpaired) electrons. The summed E-state index contributed by atoms with van der Waals surface area (Å²) in [5, 5.41) is 0. The molecule has 0 saturated heterocycles. The number of rotatable bonds is 4. The number of hydrogen-bond donors (Lipinski definition) is 0. The molecular weight excluding hydrogens is 268 g/mol. The highest BCUT2D eigenvalue weighted by atomic mass is 79.9. The van der Waals surface area contributed by atoms with Crippen LogP contribution < -0.4 is 0 Å². The lowest BCUT2D eigenvalue weighted by Gasteiger charge is -2.02. The number of benzene rings is 1. The van der Waals surface area contributed by atoms with Gasteiger partial charge in [-0.3, -0.25) is 4.79 Å². The van der Waals surface area contributed by atoms with E-state index in [1.54, 1.807) is 0 Å². The number of esters is 1. The van der Waals surface area contributed by atoms with Gasteiger partial charge in [-0.1, -0.05) is 34.1 Å². The number of carbonyl (C=O) groups excluding carboxylic acids is 1. The molecule has 0 heterocycles. The fourth-order valence-corrected chi connectivity index (χ4v) is 1.76. The van der Waals surface area contributed by atoms with E-state index in [1.165, 1.54) is 18.2 Å². The third-order valence-corrected chi connectivity index (χ3v) is 2.80. The summed E-state index contributed by atoms with van der Waals surface area (Å²) < 4.78 is 5.64. The van der Waals surface area contributed by atoms with Crippen LogP contribution in [0.15, 0.2) is 34.8 Å². The van der Waals surface area contributed by atoms with Gasteiger partial charge in [0.05, 0.1) is 7.11 Å². The number of ether oxygens (including phenoxy) is 1. The minimum atomic E-state index is -0.168. The third kappa shape index (κ3) is 4.19. The Bertz CT molecular complexity index is 397. The van der Waals surface area contributed by atoms with E-state index in [0.717, 1.165) is 4.47 Å². The summed E-state index contributed by atoms with van der Waals surface area (Å²) in [6.45, 7) is 2.04. The summed E-state index contributed by atoms with van der Waals surface area (Å²) in [5.74, 6) is -0.168. The van der Waals surface area contributed by atoms with Gasteiger partial charge in [0.15, 0.2) is 0 Å². The molecule has 0 saturated carbocycles. The van der Waals surface area contributed by atoms with Crippen molar-refractivity contribution in [2.45, 2.75) is 19.8 Å². The van der Waals surface area contributed by atoms with Crippen molar-refractivity contribution in [3.8, 4) is 0 Å². The zero-order valence-electron chi connectivity index (χ0n) is 9.50. The SMILES string of the molecule is COC(=O)CCC=C(C)c1cccc(Br)c1. The monoisotopic (exact) mass is 282 g/mol. The van der Waals surface area contributed by atoms with Crippen molar-refractivity contribution in [3.63, 3.8) is 0 Å². The molecule has 0 aliphatic carbocycles. The quantitative estimate of drug-likeness (QED) is 0.785. The minimum Gasteiger partial charge on any atom is -0.469 e. The van der Waals surface area contributed by atoms with Crippen LogP contribution in [0.1, 0.15) is 25.3 Å². The van der Waals surface area contributed by atoms with Crippen LogP contribution in [0.2, 0.25) is 0 Å². The van der Waals surface area contributed by atoms with Crippen molar-refractivity contribution >= 4 is 27.5 Å². The predicted octanol–water partition coefficient (Wildman–Crippen LogP) is 3.81. The highest BCUT2D eigenvalue weighted by molar-refractivity contribution is 9.10. The molecule has 0 spiro atoms. The minimum absolute atomic E-state index is 0.168. The Morgan fingerprint density at radius 3 is 2.88 bits per heavy atom. The number of halogens is 1. The second kappa shape index (κ2) is 6.48. The Hall–Kier alpha value is -1.09. The first-order valence-corrected chi connectivity index (χ1v) is 5.92. The zero-order chi connectivity index (χ0) is 12.0. The highest BCUT2D eigenvalue weighted by Gasteiger charge is 1.99. The van der Waals surface area contributed by atoms with E-state index >= 15 is 0 Å². The smallest absolute Gasteiger partial charge is 0.305 e. The van der Waals surface area contributed by atoms with Gasteiger partial charge in [-0.2, -0.15) is 0 Å². The first-order chi connectivity index (χ1) is 7.63. The summed E-state index contributed by atoms with van der Waals surface area (Å²) in [6, 6.07) is 8.10. The van der Waals surface area contributed by atoms with Gasteiger partial charge in [0.1, 0.15) is 0 Å². The summed E-state index contributed by atoms with van der Waals surface area (Å²) in [5.41, 5.74) is 2.34. The number of allylic oxidation sites excluding steroid dienone is 2. The summed E-state index contributed by atoms with van der Waals surface area (Å²) in [4.78, 5) is 10.9. The molecule has 0 aliphatic heterocycles. The van der Waals surface area contributed by atoms with Crippen LogP contribution >= 0.6 is 15.9 Å². The second-order valence-electron chi connectivity index (χ2n) is 3.51. The molecule has 0 aromatic heterocycles. The van der Waals surface area contributed by atoms with Gasteiger partial charge in [0.2, 0.25) is 0 Å². The third-order valence-electron chi connectivity index (χ3n) is 2.31. The van der Waals surface area contributed by atoms with E-state index < -0.39 is 0 Å². The van der Waals surface area contributed by atoms with E-state index in [4.69, 9.17) is 0 Å². The summed E-state index contributed by atoms with van der Waals surface area (Å²) >= 11 is 3.43. The van der Waals surface area contributed by atoms with Crippen molar-refractivity contribution in [3.05, 3.63) is 40.4 Å². The van der Waals surface area contributed by atoms with Gasteiger partial charge in [0.25, 0.3) is 0 Å². The molecule has 0 unspecified atom stereocenters. The molecule has 2 nitrogen and oxygen atoms in total. The number of hydrogen-bond acceptors (Lipinski definition) is 2. The average Bonchev–Trinajstić information content (AvgIpc) is 2.28. The fourth-order valence-electron chi connectivity index (χ4n) is 1.36. The van der Waals surface area contributed by atoms with Crippen LogP contribution in [0, 0.1) is 0 Å². The van der Waals surface area contributed by atoms with E-state index in [-0.39, 0.29) is 5.97 Å². The zero-order valence-corrected chi connectivity index (χ0v) is 11.1. The van der Waals surface area contributed by atoms with E-state index in [0.29, 0.717) is 12.8 Å². The van der Waals surface area contributed by atoms with Gasteiger partial charge >= 0.3 is 5.97 Å². The average molecular weight is 283 g/mol. The molecule has 0 aliphatic rings. The standard InChI is InChI=1S/C13H15BrO2/c1-10(5-3-8-13(15)16-2)11-6-4-7-12(14)9-11/h4-7,9H,3,8H2,1-2H3. The normalized spacial score (nSPS) is 11.3. The van der Waals surface area contributed by atoms with Crippen molar-refractivity contribution in [2.75, 3.05) is 7.11 Å². The first-order valence-electron chi connectivity index (χ1n) is 5.13. The molecule has 3 heteroatoms. The summed E-state index contributed by atoms with van der Waals surface area (Å²) in [6.07, 6.45) is 3.20. The van der Waals surface area contributed by atoms with Crippen LogP contribution in [0.25, 0.3) is 5.57 Å². The number of carbonyl (C=O) groups is 1. The predicted molar refractivity (Wildman–Crippen MR) is 69.0 cm³/mol. The molecule has 0 amide bonds. The van der Waals surface area contributed by atoms with Crippen LogP contribution in [0.4, 0.5) is 0 Å². The molecule has 1 aromatic carbocycles. The molecule has 0 fully saturated rings. The molecule has 0 bridgehead atoms. The van der Waals surface area contributed by atoms with Gasteiger partial charge in [0, 0.05) is 10.9 Å². The molecule has 16 heavy (non-hydrogen) atoms. The van der Waals surface area contributed by atoms with Crippen molar-refractivity contribution in [1.82, 2.24) is 0 Å². The largest absolute Gasteiger partial charge is 0.469 e. The van der Waals surface area contributed by atoms with Gasteiger partial charge in [-0.25, -0.2) is 0 Å². The van der Waals surface area contributed by atoms with Crippen LogP contribution in [-0.2, 0) is 9.53 Å². The lowest BCUT2D eigenvalue weighted by atomic mass is 10.1. The Kier molecular flexibility index (Phi) is 5.26. The Morgan fingerprint density at radius 1 is 1.50 bits per heavy atom. The van der Waals surface area contributed by atoms with Crippen molar-refractivity contribution < 1.29 is 9.53 Å². The maximum absolute atomic E-state index is 10.9. The lowest BCUT2D eigenvalue weighted by Crippen LogP contribution is -1.98. The highest BCUT2D eigenvalue weighted by Crippen LogP contribution is 2.19. The Balaban J connectivity index is 2.60. The van der Waals surface area contributed by atoms with Crippen molar-refractivity contribution in [1.29, 1.82) is 0 Å². The maximum atomic E-state index is 10.9. The van der Waals surface area contributed by atoms with Crippen LogP contribution in [0.3, 0.4) is 0 Å². The van der Waals surface area contributed by atoms with Crippen molar-refractivity contribution in [2.24, 2.45) is 0 Å². The van der Waals surface area contributed by atoms with Gasteiger partial charge in [-0.15, -0.1) is 0 Å². The molecule has 0 atom stereocenters. The fraction of sp³-hybridized carbons (Fsp3) is 0.308. The second-order valence-corrected chi connectivity index (χ2v) is 4.43. The van der Waals surface area contributed by atoms with E-state index in [2.05, 4.69) is 38.9 Å². The molecule has 0 N–H and O–H groups in total. The molecule has 1 rings (SSSR count). The van der Waals surface area contributed by atoms with Crippen LogP contribution in [0.5, 0.6) is 0 Å². The van der Waals surface area contributed by atoms with E-state index in [9.17, 15) is 4.79 Å². The first kappa shape index (κ1) is 13.0.